The highest BCUT2D eigenvalue weighted by atomic mass is 32.1. The molecule has 12 nitrogen and oxygen atoms in total. The molecule has 0 aromatic carbocycles. The number of aromatic nitrogens is 2. The number of thiol groups is 1. The smallest absolute Gasteiger partial charge is 0.325 e. The molecule has 3 amide bonds. The van der Waals surface area contributed by atoms with E-state index < -0.39 is 54.5 Å². The van der Waals surface area contributed by atoms with Crippen LogP contribution in [0.5, 0.6) is 0 Å². The molecule has 0 aliphatic rings. The number of aliphatic hydroxyl groups excluding tert-OH is 1. The lowest BCUT2D eigenvalue weighted by molar-refractivity contribution is -0.142. The van der Waals surface area contributed by atoms with Gasteiger partial charge < -0.3 is 36.9 Å². The first-order valence-corrected chi connectivity index (χ1v) is 8.91. The Bertz CT molecular complexity index is 685. The van der Waals surface area contributed by atoms with Crippen LogP contribution >= 0.6 is 12.6 Å². The van der Waals surface area contributed by atoms with Crippen LogP contribution in [0, 0.1) is 0 Å². The molecule has 1 rings (SSSR count). The van der Waals surface area contributed by atoms with E-state index in [4.69, 9.17) is 10.8 Å². The molecule has 28 heavy (non-hydrogen) atoms. The number of carbonyl (C=O) groups is 4. The summed E-state index contributed by atoms with van der Waals surface area (Å²) in [6, 6.07) is -4.70. The third-order valence-corrected chi connectivity index (χ3v) is 4.08. The molecule has 0 saturated carbocycles. The molecular weight excluding hydrogens is 392 g/mol. The number of nitrogens with one attached hydrogen (secondary N) is 4. The molecule has 13 heteroatoms. The molecular formula is C15H24N6O6S. The van der Waals surface area contributed by atoms with Crippen molar-refractivity contribution in [3.63, 3.8) is 0 Å². The first-order chi connectivity index (χ1) is 13.2. The maximum atomic E-state index is 12.6. The topological polar surface area (TPSA) is 200 Å². The summed E-state index contributed by atoms with van der Waals surface area (Å²) in [6.07, 6.45) is 2.86. The number of hydrogen-bond donors (Lipinski definition) is 8. The number of nitrogens with zero attached hydrogens (tertiary/aromatic N) is 1. The fraction of sp³-hybridized carbons (Fsp3) is 0.533. The second-order valence-electron chi connectivity index (χ2n) is 5.94. The van der Waals surface area contributed by atoms with Gasteiger partial charge in [0.15, 0.2) is 0 Å². The van der Waals surface area contributed by atoms with Crippen molar-refractivity contribution >= 4 is 36.3 Å². The van der Waals surface area contributed by atoms with Crippen LogP contribution in [0.3, 0.4) is 0 Å². The van der Waals surface area contributed by atoms with Gasteiger partial charge in [0.25, 0.3) is 0 Å². The van der Waals surface area contributed by atoms with Crippen molar-refractivity contribution in [2.24, 2.45) is 5.73 Å². The number of carboxylic acids is 1. The van der Waals surface area contributed by atoms with Crippen LogP contribution in [-0.2, 0) is 25.6 Å². The number of rotatable bonds is 11. The average Bonchev–Trinajstić information content (AvgIpc) is 3.17. The Balaban J connectivity index is 2.86. The fourth-order valence-corrected chi connectivity index (χ4v) is 2.20. The van der Waals surface area contributed by atoms with Crippen LogP contribution in [0.2, 0.25) is 0 Å². The van der Waals surface area contributed by atoms with E-state index in [0.717, 1.165) is 0 Å². The molecule has 4 atom stereocenters. The average molecular weight is 416 g/mol. The minimum absolute atomic E-state index is 0.0160. The monoisotopic (exact) mass is 416 g/mol. The maximum absolute atomic E-state index is 12.6. The zero-order chi connectivity index (χ0) is 21.3. The normalized spacial score (nSPS) is 15.0. The van der Waals surface area contributed by atoms with E-state index in [-0.39, 0.29) is 12.2 Å². The van der Waals surface area contributed by atoms with Crippen LogP contribution in [-0.4, -0.2) is 80.4 Å². The minimum atomic E-state index is -1.41. The molecule has 0 fully saturated rings. The minimum Gasteiger partial charge on any atom is -0.480 e. The third-order valence-electron chi connectivity index (χ3n) is 3.69. The summed E-state index contributed by atoms with van der Waals surface area (Å²) in [6.45, 7) is 0.460. The number of imidazole rings is 1. The Morgan fingerprint density at radius 3 is 2.29 bits per heavy atom. The van der Waals surface area contributed by atoms with Gasteiger partial charge in [0.05, 0.1) is 19.0 Å². The zero-order valence-electron chi connectivity index (χ0n) is 15.1. The molecule has 0 aliphatic heterocycles. The van der Waals surface area contributed by atoms with Gasteiger partial charge in [-0.15, -0.1) is 0 Å². The highest BCUT2D eigenvalue weighted by Crippen LogP contribution is 2.01. The summed E-state index contributed by atoms with van der Waals surface area (Å²) in [5.41, 5.74) is 6.13. The lowest BCUT2D eigenvalue weighted by atomic mass is 10.1. The summed E-state index contributed by atoms with van der Waals surface area (Å²) in [4.78, 5) is 54.1. The van der Waals surface area contributed by atoms with E-state index in [1.807, 2.05) is 0 Å². The van der Waals surface area contributed by atoms with E-state index in [9.17, 15) is 24.3 Å². The van der Waals surface area contributed by atoms with Gasteiger partial charge in [0.1, 0.15) is 18.1 Å². The van der Waals surface area contributed by atoms with Crippen LogP contribution < -0.4 is 21.7 Å². The molecule has 1 aromatic heterocycles. The van der Waals surface area contributed by atoms with E-state index in [2.05, 4.69) is 38.5 Å². The number of hydrogen-bond acceptors (Lipinski definition) is 8. The molecule has 0 saturated heterocycles. The lowest BCUT2D eigenvalue weighted by Gasteiger charge is -2.23. The van der Waals surface area contributed by atoms with Crippen LogP contribution in [0.15, 0.2) is 12.5 Å². The second kappa shape index (κ2) is 11.3. The summed E-state index contributed by atoms with van der Waals surface area (Å²) in [5.74, 6) is -3.50. The van der Waals surface area contributed by atoms with Gasteiger partial charge in [-0.1, -0.05) is 0 Å². The van der Waals surface area contributed by atoms with Crippen molar-refractivity contribution in [3.05, 3.63) is 18.2 Å². The molecule has 1 aromatic rings. The number of carbonyl (C=O) groups excluding carboxylic acids is 3. The Labute approximate surface area is 166 Å². The van der Waals surface area contributed by atoms with Crippen LogP contribution in [0.1, 0.15) is 12.6 Å². The van der Waals surface area contributed by atoms with Gasteiger partial charge in [-0.3, -0.25) is 19.2 Å². The number of H-pyrrole nitrogens is 1. The summed E-state index contributed by atoms with van der Waals surface area (Å²) < 4.78 is 0. The number of aliphatic hydroxyl groups is 1. The van der Waals surface area contributed by atoms with Crippen molar-refractivity contribution in [2.75, 3.05) is 12.4 Å². The Kier molecular flexibility index (Phi) is 9.41. The fourth-order valence-electron chi connectivity index (χ4n) is 2.03. The van der Waals surface area contributed by atoms with E-state index in [0.29, 0.717) is 5.69 Å². The highest BCUT2D eigenvalue weighted by molar-refractivity contribution is 7.80. The molecule has 8 N–H and O–H groups in total. The predicted molar refractivity (Wildman–Crippen MR) is 100 cm³/mol. The van der Waals surface area contributed by atoms with Crippen molar-refractivity contribution in [1.82, 2.24) is 25.9 Å². The first-order valence-electron chi connectivity index (χ1n) is 8.28. The largest absolute Gasteiger partial charge is 0.480 e. The third kappa shape index (κ3) is 7.17. The van der Waals surface area contributed by atoms with Gasteiger partial charge >= 0.3 is 5.97 Å². The number of carboxylic acid groups (broad SMARTS) is 1. The molecule has 0 radical (unpaired) electrons. The summed E-state index contributed by atoms with van der Waals surface area (Å²) in [5, 5.41) is 25.1. The Morgan fingerprint density at radius 1 is 1.18 bits per heavy atom. The predicted octanol–water partition coefficient (Wildman–Crippen LogP) is -3.24. The van der Waals surface area contributed by atoms with E-state index >= 15 is 0 Å². The summed E-state index contributed by atoms with van der Waals surface area (Å²) in [7, 11) is 0. The van der Waals surface area contributed by atoms with Crippen molar-refractivity contribution in [2.45, 2.75) is 37.5 Å². The highest BCUT2D eigenvalue weighted by Gasteiger charge is 2.29. The quantitative estimate of drug-likeness (QED) is 0.172. The van der Waals surface area contributed by atoms with Gasteiger partial charge in [-0.05, 0) is 6.92 Å². The van der Waals surface area contributed by atoms with Crippen LogP contribution in [0.25, 0.3) is 0 Å². The maximum Gasteiger partial charge on any atom is 0.325 e. The van der Waals surface area contributed by atoms with Gasteiger partial charge in [0.2, 0.25) is 17.7 Å². The molecule has 0 spiro atoms. The number of aliphatic carboxylic acids is 1. The van der Waals surface area contributed by atoms with Gasteiger partial charge in [-0.25, -0.2) is 4.98 Å². The zero-order valence-corrected chi connectivity index (χ0v) is 16.0. The van der Waals surface area contributed by atoms with Crippen molar-refractivity contribution in [1.29, 1.82) is 0 Å². The van der Waals surface area contributed by atoms with E-state index in [1.54, 1.807) is 0 Å². The van der Waals surface area contributed by atoms with Crippen molar-refractivity contribution < 1.29 is 29.4 Å². The Hall–Kier alpha value is -2.64. The second-order valence-corrected chi connectivity index (χ2v) is 6.31. The number of amides is 3. The molecule has 156 valence electrons. The van der Waals surface area contributed by atoms with E-state index in [1.165, 1.54) is 19.4 Å². The number of nitrogens with two attached hydrogens (primary N) is 1. The van der Waals surface area contributed by atoms with Crippen LogP contribution in [0.4, 0.5) is 0 Å². The van der Waals surface area contributed by atoms with Gasteiger partial charge in [0, 0.05) is 24.1 Å². The van der Waals surface area contributed by atoms with Gasteiger partial charge in [-0.2, -0.15) is 12.6 Å². The standard InChI is InChI=1S/C15H24N6O6S/c1-7(15(26)27)19-14(25)11(4-22)21-13(24)10(2-8-3-17-6-18-8)20-12(23)9(16)5-28/h3,6-7,9-11,22,28H,2,4-5,16H2,1H3,(H,17,18)(H,19,25)(H,20,23)(H,21,24)(H,26,27). The Morgan fingerprint density at radius 2 is 1.79 bits per heavy atom. The SMILES string of the molecule is CC(NC(=O)C(CO)NC(=O)C(Cc1cnc[nH]1)NC(=O)C(N)CS)C(=O)O. The molecule has 1 heterocycles. The van der Waals surface area contributed by atoms with Crippen molar-refractivity contribution in [3.8, 4) is 0 Å². The lowest BCUT2D eigenvalue weighted by Crippen LogP contribution is -2.58. The molecule has 0 aliphatic carbocycles. The molecule has 4 unspecified atom stereocenters. The summed E-state index contributed by atoms with van der Waals surface area (Å²) >= 11 is 3.93. The number of aromatic amines is 1. The first kappa shape index (κ1) is 23.4. The molecule has 0 bridgehead atoms.